The molecule has 0 aliphatic heterocycles. The number of ether oxygens (including phenoxy) is 1. The second kappa shape index (κ2) is 8.13. The van der Waals surface area contributed by atoms with E-state index in [1.807, 2.05) is 30.5 Å². The smallest absolute Gasteiger partial charge is 0.241 e. The Labute approximate surface area is 112 Å². The van der Waals surface area contributed by atoms with Crippen molar-refractivity contribution in [3.8, 4) is 0 Å². The third kappa shape index (κ3) is 4.68. The highest BCUT2D eigenvalue weighted by atomic mass is 32.2. The van der Waals surface area contributed by atoms with Crippen LogP contribution in [0, 0.1) is 0 Å². The van der Waals surface area contributed by atoms with Crippen LogP contribution >= 0.6 is 11.8 Å². The summed E-state index contributed by atoms with van der Waals surface area (Å²) in [7, 11) is 1.64. The maximum Gasteiger partial charge on any atom is 0.241 e. The van der Waals surface area contributed by atoms with Crippen LogP contribution in [0.1, 0.15) is 12.8 Å². The SMILES string of the molecule is COCCCC(N)C(=O)Nc1ccccc1SC. The van der Waals surface area contributed by atoms with Crippen LogP contribution in [0.2, 0.25) is 0 Å². The van der Waals surface area contributed by atoms with E-state index >= 15 is 0 Å². The summed E-state index contributed by atoms with van der Waals surface area (Å²) in [5.41, 5.74) is 6.64. The first-order chi connectivity index (χ1) is 8.69. The molecule has 0 fully saturated rings. The third-order valence-electron chi connectivity index (χ3n) is 2.57. The molecule has 1 aromatic carbocycles. The monoisotopic (exact) mass is 268 g/mol. The summed E-state index contributed by atoms with van der Waals surface area (Å²) >= 11 is 1.60. The van der Waals surface area contributed by atoms with E-state index in [0.29, 0.717) is 13.0 Å². The summed E-state index contributed by atoms with van der Waals surface area (Å²) in [4.78, 5) is 12.9. The lowest BCUT2D eigenvalue weighted by molar-refractivity contribution is -0.117. The molecule has 1 amide bonds. The number of para-hydroxylation sites is 1. The van der Waals surface area contributed by atoms with Crippen molar-refractivity contribution in [3.05, 3.63) is 24.3 Å². The van der Waals surface area contributed by atoms with Gasteiger partial charge in [-0.1, -0.05) is 12.1 Å². The molecule has 5 heteroatoms. The molecule has 4 nitrogen and oxygen atoms in total. The molecular formula is C13H20N2O2S. The molecule has 100 valence electrons. The maximum absolute atomic E-state index is 11.9. The number of benzene rings is 1. The number of nitrogens with two attached hydrogens (primary N) is 1. The lowest BCUT2D eigenvalue weighted by Crippen LogP contribution is -2.35. The van der Waals surface area contributed by atoms with Crippen LogP contribution in [0.3, 0.4) is 0 Å². The number of carbonyl (C=O) groups excluding carboxylic acids is 1. The van der Waals surface area contributed by atoms with Gasteiger partial charge in [0.2, 0.25) is 5.91 Å². The first-order valence-corrected chi connectivity index (χ1v) is 7.10. The molecule has 0 radical (unpaired) electrons. The number of carbonyl (C=O) groups is 1. The molecule has 1 rings (SSSR count). The highest BCUT2D eigenvalue weighted by Gasteiger charge is 2.14. The molecule has 1 unspecified atom stereocenters. The minimum Gasteiger partial charge on any atom is -0.385 e. The van der Waals surface area contributed by atoms with Crippen molar-refractivity contribution in [2.75, 3.05) is 25.3 Å². The Balaban J connectivity index is 2.53. The van der Waals surface area contributed by atoms with E-state index in [4.69, 9.17) is 10.5 Å². The third-order valence-corrected chi connectivity index (χ3v) is 3.36. The Morgan fingerprint density at radius 2 is 2.22 bits per heavy atom. The standard InChI is InChI=1S/C13H20N2O2S/c1-17-9-5-6-10(14)13(16)15-11-7-3-4-8-12(11)18-2/h3-4,7-8,10H,5-6,9,14H2,1-2H3,(H,15,16). The molecule has 0 bridgehead atoms. The number of thioether (sulfide) groups is 1. The quantitative estimate of drug-likeness (QED) is 0.587. The fraction of sp³-hybridized carbons (Fsp3) is 0.462. The zero-order chi connectivity index (χ0) is 13.4. The van der Waals surface area contributed by atoms with E-state index in [2.05, 4.69) is 5.32 Å². The summed E-state index contributed by atoms with van der Waals surface area (Å²) in [6.45, 7) is 0.627. The van der Waals surface area contributed by atoms with Crippen molar-refractivity contribution in [3.63, 3.8) is 0 Å². The lowest BCUT2D eigenvalue weighted by Gasteiger charge is -2.13. The van der Waals surface area contributed by atoms with Gasteiger partial charge in [0.25, 0.3) is 0 Å². The fourth-order valence-electron chi connectivity index (χ4n) is 1.55. The van der Waals surface area contributed by atoms with Crippen LogP contribution in [0.5, 0.6) is 0 Å². The van der Waals surface area contributed by atoms with Gasteiger partial charge in [-0.05, 0) is 31.2 Å². The van der Waals surface area contributed by atoms with E-state index in [9.17, 15) is 4.79 Å². The van der Waals surface area contributed by atoms with Crippen molar-refractivity contribution < 1.29 is 9.53 Å². The molecule has 0 heterocycles. The van der Waals surface area contributed by atoms with Crippen LogP contribution < -0.4 is 11.1 Å². The Bertz CT molecular complexity index is 385. The van der Waals surface area contributed by atoms with Gasteiger partial charge >= 0.3 is 0 Å². The van der Waals surface area contributed by atoms with E-state index < -0.39 is 6.04 Å². The van der Waals surface area contributed by atoms with E-state index in [1.54, 1.807) is 18.9 Å². The number of hydrogen-bond donors (Lipinski definition) is 2. The number of amides is 1. The second-order valence-corrected chi connectivity index (χ2v) is 4.78. The topological polar surface area (TPSA) is 64.3 Å². The van der Waals surface area contributed by atoms with Gasteiger partial charge in [-0.2, -0.15) is 0 Å². The van der Waals surface area contributed by atoms with Gasteiger partial charge in [0.15, 0.2) is 0 Å². The van der Waals surface area contributed by atoms with Gasteiger partial charge in [-0.3, -0.25) is 4.79 Å². The second-order valence-electron chi connectivity index (χ2n) is 3.93. The predicted molar refractivity (Wildman–Crippen MR) is 75.9 cm³/mol. The van der Waals surface area contributed by atoms with Gasteiger partial charge in [0.1, 0.15) is 0 Å². The Hall–Kier alpha value is -1.04. The van der Waals surface area contributed by atoms with Gasteiger partial charge in [-0.25, -0.2) is 0 Å². The lowest BCUT2D eigenvalue weighted by atomic mass is 10.1. The van der Waals surface area contributed by atoms with Crippen LogP contribution in [-0.4, -0.2) is 31.9 Å². The first kappa shape index (κ1) is 15.0. The van der Waals surface area contributed by atoms with Crippen molar-refractivity contribution in [1.29, 1.82) is 0 Å². The summed E-state index contributed by atoms with van der Waals surface area (Å²) in [6, 6.07) is 7.20. The Morgan fingerprint density at radius 1 is 1.50 bits per heavy atom. The summed E-state index contributed by atoms with van der Waals surface area (Å²) < 4.78 is 4.94. The average molecular weight is 268 g/mol. The molecule has 0 aromatic heterocycles. The Morgan fingerprint density at radius 3 is 2.89 bits per heavy atom. The van der Waals surface area contributed by atoms with E-state index in [-0.39, 0.29) is 5.91 Å². The molecule has 0 aliphatic carbocycles. The maximum atomic E-state index is 11.9. The van der Waals surface area contributed by atoms with E-state index in [0.717, 1.165) is 17.0 Å². The summed E-state index contributed by atoms with van der Waals surface area (Å²) in [5, 5.41) is 2.86. The van der Waals surface area contributed by atoms with Crippen LogP contribution in [0.25, 0.3) is 0 Å². The zero-order valence-corrected chi connectivity index (χ0v) is 11.6. The Kier molecular flexibility index (Phi) is 6.78. The van der Waals surface area contributed by atoms with Crippen molar-refractivity contribution >= 4 is 23.4 Å². The van der Waals surface area contributed by atoms with Crippen LogP contribution in [-0.2, 0) is 9.53 Å². The first-order valence-electron chi connectivity index (χ1n) is 5.87. The number of anilines is 1. The van der Waals surface area contributed by atoms with Crippen LogP contribution in [0.15, 0.2) is 29.2 Å². The van der Waals surface area contributed by atoms with Gasteiger partial charge in [-0.15, -0.1) is 11.8 Å². The van der Waals surface area contributed by atoms with Crippen molar-refractivity contribution in [2.45, 2.75) is 23.8 Å². The molecule has 0 spiro atoms. The molecule has 0 saturated heterocycles. The van der Waals surface area contributed by atoms with Crippen LogP contribution in [0.4, 0.5) is 5.69 Å². The minimum atomic E-state index is -0.491. The molecule has 3 N–H and O–H groups in total. The number of methoxy groups -OCH3 is 1. The predicted octanol–water partition coefficient (Wildman–Crippen LogP) is 2.10. The van der Waals surface area contributed by atoms with Crippen molar-refractivity contribution in [2.24, 2.45) is 5.73 Å². The summed E-state index contributed by atoms with van der Waals surface area (Å²) in [5.74, 6) is -0.146. The number of hydrogen-bond acceptors (Lipinski definition) is 4. The molecule has 0 aliphatic rings. The molecule has 1 atom stereocenters. The zero-order valence-electron chi connectivity index (χ0n) is 10.8. The summed E-state index contributed by atoms with van der Waals surface area (Å²) in [6.07, 6.45) is 3.39. The molecule has 18 heavy (non-hydrogen) atoms. The van der Waals surface area contributed by atoms with Gasteiger partial charge in [0, 0.05) is 18.6 Å². The minimum absolute atomic E-state index is 0.146. The van der Waals surface area contributed by atoms with Crippen molar-refractivity contribution in [1.82, 2.24) is 0 Å². The molecule has 1 aromatic rings. The normalized spacial score (nSPS) is 12.2. The largest absolute Gasteiger partial charge is 0.385 e. The number of nitrogens with one attached hydrogen (secondary N) is 1. The molecular weight excluding hydrogens is 248 g/mol. The fourth-order valence-corrected chi connectivity index (χ4v) is 2.11. The molecule has 0 saturated carbocycles. The average Bonchev–Trinajstić information content (AvgIpc) is 2.39. The van der Waals surface area contributed by atoms with E-state index in [1.165, 1.54) is 0 Å². The van der Waals surface area contributed by atoms with Gasteiger partial charge in [0.05, 0.1) is 11.7 Å². The highest BCUT2D eigenvalue weighted by molar-refractivity contribution is 7.98. The number of rotatable bonds is 7. The highest BCUT2D eigenvalue weighted by Crippen LogP contribution is 2.24. The van der Waals surface area contributed by atoms with Gasteiger partial charge < -0.3 is 15.8 Å².